The van der Waals surface area contributed by atoms with Crippen LogP contribution in [0.2, 0.25) is 0 Å². The highest BCUT2D eigenvalue weighted by atomic mass is 14.3. The van der Waals surface area contributed by atoms with E-state index >= 15 is 0 Å². The summed E-state index contributed by atoms with van der Waals surface area (Å²) in [6.07, 6.45) is 11.9. The molecular weight excluding hydrogens is 240 g/mol. The number of fused-ring (bicyclic) bond motifs is 1. The van der Waals surface area contributed by atoms with Crippen molar-refractivity contribution in [2.75, 3.05) is 0 Å². The fourth-order valence-corrected chi connectivity index (χ4v) is 3.81. The van der Waals surface area contributed by atoms with E-state index in [4.69, 9.17) is 0 Å². The standard InChI is InChI=1S/C20H26/c1-15-6-5-7-17(11-10-15)14-19-13-12-18-8-3-4-9-20(18)16(19)2/h3-4,8-9,13,15,17H,2,5-7,10-12,14H2,1H3. The van der Waals surface area contributed by atoms with E-state index in [1.807, 2.05) is 0 Å². The van der Waals surface area contributed by atoms with Gasteiger partial charge < -0.3 is 0 Å². The summed E-state index contributed by atoms with van der Waals surface area (Å²) < 4.78 is 0. The number of hydrogen-bond donors (Lipinski definition) is 0. The molecule has 1 aromatic rings. The molecule has 0 amide bonds. The van der Waals surface area contributed by atoms with Crippen molar-refractivity contribution in [3.63, 3.8) is 0 Å². The molecule has 0 N–H and O–H groups in total. The molecule has 20 heavy (non-hydrogen) atoms. The largest absolute Gasteiger partial charge is 0.0909 e. The van der Waals surface area contributed by atoms with Crippen molar-refractivity contribution in [3.05, 3.63) is 53.6 Å². The summed E-state index contributed by atoms with van der Waals surface area (Å²) in [6.45, 7) is 6.79. The number of benzene rings is 1. The van der Waals surface area contributed by atoms with Crippen LogP contribution in [0.15, 0.2) is 42.5 Å². The van der Waals surface area contributed by atoms with E-state index in [0.29, 0.717) is 0 Å². The van der Waals surface area contributed by atoms with Crippen molar-refractivity contribution in [3.8, 4) is 0 Å². The Morgan fingerprint density at radius 1 is 1.10 bits per heavy atom. The minimum atomic E-state index is 0.883. The van der Waals surface area contributed by atoms with Gasteiger partial charge in [-0.05, 0) is 53.4 Å². The summed E-state index contributed by atoms with van der Waals surface area (Å²) >= 11 is 0. The predicted molar refractivity (Wildman–Crippen MR) is 87.6 cm³/mol. The molecule has 3 rings (SSSR count). The van der Waals surface area contributed by atoms with Gasteiger partial charge in [-0.3, -0.25) is 0 Å². The van der Waals surface area contributed by atoms with Gasteiger partial charge in [-0.2, -0.15) is 0 Å². The van der Waals surface area contributed by atoms with Gasteiger partial charge in [0.1, 0.15) is 0 Å². The molecule has 0 aliphatic heterocycles. The summed E-state index contributed by atoms with van der Waals surface area (Å²) in [4.78, 5) is 0. The Bertz CT molecular complexity index is 521. The molecule has 0 nitrogen and oxygen atoms in total. The Morgan fingerprint density at radius 3 is 2.85 bits per heavy atom. The second-order valence-corrected chi connectivity index (χ2v) is 6.75. The van der Waals surface area contributed by atoms with E-state index in [1.54, 1.807) is 0 Å². The third-order valence-electron chi connectivity index (χ3n) is 5.18. The van der Waals surface area contributed by atoms with Crippen LogP contribution >= 0.6 is 0 Å². The van der Waals surface area contributed by atoms with Crippen LogP contribution < -0.4 is 0 Å². The van der Waals surface area contributed by atoms with Crippen LogP contribution in [0.3, 0.4) is 0 Å². The summed E-state index contributed by atoms with van der Waals surface area (Å²) in [6, 6.07) is 8.75. The molecule has 0 saturated heterocycles. The zero-order chi connectivity index (χ0) is 13.9. The van der Waals surface area contributed by atoms with Gasteiger partial charge in [-0.25, -0.2) is 0 Å². The Balaban J connectivity index is 1.70. The average Bonchev–Trinajstić information content (AvgIpc) is 2.67. The highest BCUT2D eigenvalue weighted by molar-refractivity contribution is 5.81. The van der Waals surface area contributed by atoms with Crippen LogP contribution in [0.5, 0.6) is 0 Å². The first-order valence-corrected chi connectivity index (χ1v) is 8.20. The van der Waals surface area contributed by atoms with E-state index in [1.165, 1.54) is 60.8 Å². The Kier molecular flexibility index (Phi) is 4.10. The normalized spacial score (nSPS) is 26.6. The molecule has 106 valence electrons. The molecule has 1 aromatic carbocycles. The average molecular weight is 266 g/mol. The van der Waals surface area contributed by atoms with Gasteiger partial charge in [0.05, 0.1) is 0 Å². The van der Waals surface area contributed by atoms with Crippen LogP contribution in [-0.4, -0.2) is 0 Å². The molecule has 0 aromatic heterocycles. The van der Waals surface area contributed by atoms with Crippen molar-refractivity contribution in [2.45, 2.75) is 51.9 Å². The first-order chi connectivity index (χ1) is 9.74. The van der Waals surface area contributed by atoms with E-state index in [-0.39, 0.29) is 0 Å². The lowest BCUT2D eigenvalue weighted by molar-refractivity contribution is 0.445. The third kappa shape index (κ3) is 2.90. The van der Waals surface area contributed by atoms with Gasteiger partial charge >= 0.3 is 0 Å². The van der Waals surface area contributed by atoms with Crippen molar-refractivity contribution in [1.82, 2.24) is 0 Å². The maximum Gasteiger partial charge on any atom is -0.00853 e. The highest BCUT2D eigenvalue weighted by Crippen LogP contribution is 2.37. The molecule has 0 heterocycles. The Labute approximate surface area is 123 Å². The summed E-state index contributed by atoms with van der Waals surface area (Å²) in [5.74, 6) is 1.82. The van der Waals surface area contributed by atoms with Crippen molar-refractivity contribution < 1.29 is 0 Å². The third-order valence-corrected chi connectivity index (χ3v) is 5.18. The van der Waals surface area contributed by atoms with Gasteiger partial charge in [-0.15, -0.1) is 0 Å². The van der Waals surface area contributed by atoms with Gasteiger partial charge in [0, 0.05) is 0 Å². The molecule has 1 saturated carbocycles. The molecule has 0 radical (unpaired) electrons. The van der Waals surface area contributed by atoms with Crippen LogP contribution in [0.4, 0.5) is 0 Å². The monoisotopic (exact) mass is 266 g/mol. The molecule has 2 unspecified atom stereocenters. The van der Waals surface area contributed by atoms with Crippen molar-refractivity contribution in [2.24, 2.45) is 11.8 Å². The topological polar surface area (TPSA) is 0 Å². The molecular formula is C20H26. The van der Waals surface area contributed by atoms with E-state index in [2.05, 4.69) is 43.8 Å². The molecule has 1 fully saturated rings. The van der Waals surface area contributed by atoms with Crippen LogP contribution in [0.25, 0.3) is 5.57 Å². The van der Waals surface area contributed by atoms with E-state index in [9.17, 15) is 0 Å². The molecule has 0 spiro atoms. The molecule has 0 bridgehead atoms. The lowest BCUT2D eigenvalue weighted by atomic mass is 9.82. The van der Waals surface area contributed by atoms with Crippen LogP contribution in [-0.2, 0) is 6.42 Å². The zero-order valence-corrected chi connectivity index (χ0v) is 12.7. The number of rotatable bonds is 2. The fraction of sp³-hybridized carbons (Fsp3) is 0.500. The van der Waals surface area contributed by atoms with Crippen LogP contribution in [0.1, 0.15) is 56.6 Å². The minimum absolute atomic E-state index is 0.883. The van der Waals surface area contributed by atoms with E-state index < -0.39 is 0 Å². The van der Waals surface area contributed by atoms with Gasteiger partial charge in [0.2, 0.25) is 0 Å². The second kappa shape index (κ2) is 5.99. The van der Waals surface area contributed by atoms with E-state index in [0.717, 1.165) is 18.3 Å². The fourth-order valence-electron chi connectivity index (χ4n) is 3.81. The Hall–Kier alpha value is -1.30. The predicted octanol–water partition coefficient (Wildman–Crippen LogP) is 5.79. The quantitative estimate of drug-likeness (QED) is 0.594. The molecule has 2 aliphatic carbocycles. The van der Waals surface area contributed by atoms with Crippen LogP contribution in [0, 0.1) is 11.8 Å². The Morgan fingerprint density at radius 2 is 1.95 bits per heavy atom. The van der Waals surface area contributed by atoms with Crippen molar-refractivity contribution in [1.29, 1.82) is 0 Å². The smallest absolute Gasteiger partial charge is 0.00853 e. The zero-order valence-electron chi connectivity index (χ0n) is 12.7. The maximum absolute atomic E-state index is 4.37. The lowest BCUT2D eigenvalue weighted by Crippen LogP contribution is -2.07. The maximum atomic E-state index is 4.37. The first kappa shape index (κ1) is 13.7. The number of allylic oxidation sites excluding steroid dienone is 3. The first-order valence-electron chi connectivity index (χ1n) is 8.20. The SMILES string of the molecule is C=C1C(CC2CCCC(C)CC2)=CCc2ccccc21. The minimum Gasteiger partial charge on any atom is -0.0909 e. The molecule has 2 atom stereocenters. The molecule has 0 heteroatoms. The van der Waals surface area contributed by atoms with Gasteiger partial charge in [-0.1, -0.05) is 69.5 Å². The van der Waals surface area contributed by atoms with Gasteiger partial charge in [0.25, 0.3) is 0 Å². The van der Waals surface area contributed by atoms with Gasteiger partial charge in [0.15, 0.2) is 0 Å². The highest BCUT2D eigenvalue weighted by Gasteiger charge is 2.21. The summed E-state index contributed by atoms with van der Waals surface area (Å²) in [5, 5.41) is 0. The summed E-state index contributed by atoms with van der Waals surface area (Å²) in [5.41, 5.74) is 5.62. The second-order valence-electron chi connectivity index (χ2n) is 6.75. The number of hydrogen-bond acceptors (Lipinski definition) is 0. The molecule has 2 aliphatic rings. The lowest BCUT2D eigenvalue weighted by Gasteiger charge is -2.23. The van der Waals surface area contributed by atoms with Crippen molar-refractivity contribution >= 4 is 5.57 Å². The summed E-state index contributed by atoms with van der Waals surface area (Å²) in [7, 11) is 0.